The van der Waals surface area contributed by atoms with Crippen molar-refractivity contribution in [1.82, 2.24) is 0 Å². The van der Waals surface area contributed by atoms with Gasteiger partial charge in [0.15, 0.2) is 0 Å². The van der Waals surface area contributed by atoms with Crippen LogP contribution in [-0.4, -0.2) is 18.4 Å². The number of para-hydroxylation sites is 1. The van der Waals surface area contributed by atoms with E-state index in [0.717, 1.165) is 24.1 Å². The summed E-state index contributed by atoms with van der Waals surface area (Å²) in [6, 6.07) is 12.0. The fourth-order valence-corrected chi connectivity index (χ4v) is 3.17. The van der Waals surface area contributed by atoms with Crippen molar-refractivity contribution in [2.24, 2.45) is 5.92 Å². The molecule has 2 aromatic carbocycles. The maximum Gasteiger partial charge on any atom is 0.416 e. The van der Waals surface area contributed by atoms with Gasteiger partial charge in [0.05, 0.1) is 11.5 Å². The Kier molecular flexibility index (Phi) is 5.21. The molecule has 1 unspecified atom stereocenters. The highest BCUT2D eigenvalue weighted by Gasteiger charge is 2.37. The fourth-order valence-electron chi connectivity index (χ4n) is 3.17. The number of benzene rings is 2. The maximum atomic E-state index is 12.9. The molecule has 1 aliphatic rings. The third kappa shape index (κ3) is 4.13. The van der Waals surface area contributed by atoms with Crippen LogP contribution in [0, 0.1) is 5.92 Å². The zero-order chi connectivity index (χ0) is 19.6. The normalized spacial score (nSPS) is 17.3. The van der Waals surface area contributed by atoms with Gasteiger partial charge in [0.25, 0.3) is 0 Å². The van der Waals surface area contributed by atoms with Crippen LogP contribution in [0.4, 0.5) is 24.5 Å². The minimum Gasteiger partial charge on any atom is -0.326 e. The van der Waals surface area contributed by atoms with Crippen molar-refractivity contribution < 1.29 is 22.8 Å². The predicted molar refractivity (Wildman–Crippen MR) is 96.4 cm³/mol. The molecule has 1 fully saturated rings. The molecular weight excluding hydrogens is 357 g/mol. The van der Waals surface area contributed by atoms with Crippen molar-refractivity contribution in [3.8, 4) is 0 Å². The topological polar surface area (TPSA) is 49.4 Å². The van der Waals surface area contributed by atoms with E-state index in [1.54, 1.807) is 6.07 Å². The first-order valence-corrected chi connectivity index (χ1v) is 8.66. The van der Waals surface area contributed by atoms with Crippen molar-refractivity contribution in [3.05, 3.63) is 59.7 Å². The van der Waals surface area contributed by atoms with E-state index < -0.39 is 17.7 Å². The summed E-state index contributed by atoms with van der Waals surface area (Å²) in [5, 5.41) is 2.83. The average Bonchev–Trinajstić information content (AvgIpc) is 3.03. The number of hydrogen-bond acceptors (Lipinski definition) is 2. The lowest BCUT2D eigenvalue weighted by Gasteiger charge is -2.18. The smallest absolute Gasteiger partial charge is 0.326 e. The number of carbonyl (C=O) groups excluding carboxylic acids is 2. The van der Waals surface area contributed by atoms with Crippen LogP contribution in [0.5, 0.6) is 0 Å². The first-order chi connectivity index (χ1) is 12.8. The van der Waals surface area contributed by atoms with Gasteiger partial charge in [-0.25, -0.2) is 0 Å². The zero-order valence-electron chi connectivity index (χ0n) is 14.7. The minimum absolute atomic E-state index is 0.0314. The molecule has 142 valence electrons. The van der Waals surface area contributed by atoms with Gasteiger partial charge >= 0.3 is 6.18 Å². The lowest BCUT2D eigenvalue weighted by Crippen LogP contribution is -2.28. The van der Waals surface area contributed by atoms with E-state index in [1.807, 2.05) is 25.1 Å². The summed E-state index contributed by atoms with van der Waals surface area (Å²) in [5.41, 5.74) is 0.997. The third-order valence-electron chi connectivity index (χ3n) is 4.64. The number of carbonyl (C=O) groups is 2. The van der Waals surface area contributed by atoms with E-state index >= 15 is 0 Å². The summed E-state index contributed by atoms with van der Waals surface area (Å²) in [4.78, 5) is 26.1. The van der Waals surface area contributed by atoms with Crippen LogP contribution in [0.3, 0.4) is 0 Å². The molecule has 2 aromatic rings. The number of nitrogens with one attached hydrogen (secondary N) is 1. The first-order valence-electron chi connectivity index (χ1n) is 8.66. The van der Waals surface area contributed by atoms with Crippen molar-refractivity contribution in [2.45, 2.75) is 25.9 Å². The van der Waals surface area contributed by atoms with Gasteiger partial charge in [0.2, 0.25) is 11.8 Å². The van der Waals surface area contributed by atoms with E-state index in [1.165, 1.54) is 17.0 Å². The molecule has 0 aromatic heterocycles. The highest BCUT2D eigenvalue weighted by atomic mass is 19.4. The van der Waals surface area contributed by atoms with Crippen molar-refractivity contribution >= 4 is 23.2 Å². The molecule has 27 heavy (non-hydrogen) atoms. The Labute approximate surface area is 155 Å². The quantitative estimate of drug-likeness (QED) is 0.867. The van der Waals surface area contributed by atoms with E-state index in [9.17, 15) is 22.8 Å². The largest absolute Gasteiger partial charge is 0.416 e. The van der Waals surface area contributed by atoms with Crippen molar-refractivity contribution in [2.75, 3.05) is 16.8 Å². The predicted octanol–water partition coefficient (Wildman–Crippen LogP) is 4.26. The van der Waals surface area contributed by atoms with Crippen LogP contribution in [0.1, 0.15) is 24.5 Å². The van der Waals surface area contributed by atoms with Gasteiger partial charge in [-0.05, 0) is 36.2 Å². The molecule has 0 spiro atoms. The van der Waals surface area contributed by atoms with Crippen molar-refractivity contribution in [1.29, 1.82) is 0 Å². The second-order valence-electron chi connectivity index (χ2n) is 6.45. The molecule has 1 heterocycles. The standard InChI is InChI=1S/C20H19F3N2O2/c1-2-13-6-3-4-9-17(13)24-19(27)14-10-18(26)25(12-14)16-8-5-7-15(11-16)20(21,22)23/h3-9,11,14H,2,10,12H2,1H3,(H,24,27). The van der Waals surface area contributed by atoms with Crippen LogP contribution in [-0.2, 0) is 22.2 Å². The number of rotatable bonds is 4. The Bertz CT molecular complexity index is 864. The van der Waals surface area contributed by atoms with Gasteiger partial charge in [-0.3, -0.25) is 9.59 Å². The minimum atomic E-state index is -4.49. The summed E-state index contributed by atoms with van der Waals surface area (Å²) in [6.45, 7) is 2.03. The summed E-state index contributed by atoms with van der Waals surface area (Å²) >= 11 is 0. The third-order valence-corrected chi connectivity index (χ3v) is 4.64. The number of aryl methyl sites for hydroxylation is 1. The van der Waals surface area contributed by atoms with Gasteiger partial charge in [0, 0.05) is 24.3 Å². The number of hydrogen-bond donors (Lipinski definition) is 1. The maximum absolute atomic E-state index is 12.9. The summed E-state index contributed by atoms with van der Waals surface area (Å²) in [7, 11) is 0. The molecular formula is C20H19F3N2O2. The molecule has 0 saturated carbocycles. The molecule has 1 N–H and O–H groups in total. The Morgan fingerprint density at radius 3 is 2.63 bits per heavy atom. The SMILES string of the molecule is CCc1ccccc1NC(=O)C1CC(=O)N(c2cccc(C(F)(F)F)c2)C1. The average molecular weight is 376 g/mol. The zero-order valence-corrected chi connectivity index (χ0v) is 14.7. The van der Waals surface area contributed by atoms with E-state index in [4.69, 9.17) is 0 Å². The summed E-state index contributed by atoms with van der Waals surface area (Å²) in [6.07, 6.45) is -3.77. The van der Waals surface area contributed by atoms with Gasteiger partial charge < -0.3 is 10.2 Å². The van der Waals surface area contributed by atoms with E-state index in [0.29, 0.717) is 5.69 Å². The first kappa shape index (κ1) is 18.9. The molecule has 1 atom stereocenters. The summed E-state index contributed by atoms with van der Waals surface area (Å²) in [5.74, 6) is -1.28. The van der Waals surface area contributed by atoms with Crippen LogP contribution in [0.15, 0.2) is 48.5 Å². The molecule has 1 saturated heterocycles. The van der Waals surface area contributed by atoms with E-state index in [2.05, 4.69) is 5.32 Å². The Balaban J connectivity index is 1.75. The Morgan fingerprint density at radius 1 is 1.19 bits per heavy atom. The van der Waals surface area contributed by atoms with Crippen LogP contribution < -0.4 is 10.2 Å². The van der Waals surface area contributed by atoms with Gasteiger partial charge in [-0.15, -0.1) is 0 Å². The van der Waals surface area contributed by atoms with E-state index in [-0.39, 0.29) is 30.5 Å². The highest BCUT2D eigenvalue weighted by molar-refractivity contribution is 6.03. The second-order valence-corrected chi connectivity index (χ2v) is 6.45. The molecule has 3 rings (SSSR count). The Morgan fingerprint density at radius 2 is 1.93 bits per heavy atom. The molecule has 4 nitrogen and oxygen atoms in total. The van der Waals surface area contributed by atoms with Gasteiger partial charge in [0.1, 0.15) is 0 Å². The fraction of sp³-hybridized carbons (Fsp3) is 0.300. The van der Waals surface area contributed by atoms with Crippen LogP contribution in [0.25, 0.3) is 0 Å². The molecule has 0 radical (unpaired) electrons. The second kappa shape index (κ2) is 7.42. The molecule has 0 aliphatic carbocycles. The molecule has 0 bridgehead atoms. The number of alkyl halides is 3. The monoisotopic (exact) mass is 376 g/mol. The molecule has 1 aliphatic heterocycles. The lowest BCUT2D eigenvalue weighted by atomic mass is 10.1. The molecule has 2 amide bonds. The van der Waals surface area contributed by atoms with Gasteiger partial charge in [-0.2, -0.15) is 13.2 Å². The van der Waals surface area contributed by atoms with Crippen molar-refractivity contribution in [3.63, 3.8) is 0 Å². The number of anilines is 2. The summed E-state index contributed by atoms with van der Waals surface area (Å²) < 4.78 is 38.7. The number of halogens is 3. The van der Waals surface area contributed by atoms with Crippen LogP contribution in [0.2, 0.25) is 0 Å². The molecule has 7 heteroatoms. The van der Waals surface area contributed by atoms with Crippen LogP contribution >= 0.6 is 0 Å². The Hall–Kier alpha value is -2.83. The highest BCUT2D eigenvalue weighted by Crippen LogP contribution is 2.33. The number of nitrogens with zero attached hydrogens (tertiary/aromatic N) is 1. The van der Waals surface area contributed by atoms with Gasteiger partial charge in [-0.1, -0.05) is 31.2 Å². The number of amides is 2. The lowest BCUT2D eigenvalue weighted by molar-refractivity contribution is -0.137.